The first kappa shape index (κ1) is 21.4. The first-order valence-electron chi connectivity index (χ1n) is 10.2. The molecule has 8 heteroatoms. The van der Waals surface area contributed by atoms with Crippen LogP contribution in [-0.2, 0) is 17.5 Å². The van der Waals surface area contributed by atoms with Gasteiger partial charge >= 0.3 is 5.97 Å². The molecule has 5 rings (SSSR count). The molecular weight excluding hydrogens is 454 g/mol. The van der Waals surface area contributed by atoms with Crippen molar-refractivity contribution >= 4 is 50.2 Å². The maximum atomic E-state index is 13.0. The molecule has 6 nitrogen and oxygen atoms in total. The molecule has 0 bridgehead atoms. The highest BCUT2D eigenvalue weighted by molar-refractivity contribution is 7.98. The van der Waals surface area contributed by atoms with E-state index in [1.54, 1.807) is 11.6 Å². The zero-order valence-electron chi connectivity index (χ0n) is 17.9. The normalized spacial score (nSPS) is 11.2. The molecule has 0 amide bonds. The van der Waals surface area contributed by atoms with Crippen molar-refractivity contribution in [3.63, 3.8) is 0 Å². The van der Waals surface area contributed by atoms with Gasteiger partial charge in [-0.25, -0.2) is 9.78 Å². The van der Waals surface area contributed by atoms with E-state index in [-0.39, 0.29) is 5.56 Å². The van der Waals surface area contributed by atoms with Gasteiger partial charge in [-0.3, -0.25) is 14.3 Å². The molecule has 0 atom stereocenters. The molecule has 0 aliphatic heterocycles. The molecule has 164 valence electrons. The Morgan fingerprint density at radius 2 is 1.79 bits per heavy atom. The number of thioether (sulfide) groups is 1. The van der Waals surface area contributed by atoms with Gasteiger partial charge in [0.2, 0.25) is 0 Å². The first-order valence-corrected chi connectivity index (χ1v) is 12.1. The standard InChI is InChI=1S/C25H19N3O3S2/c1-28-23(29)22-18(12-13-32-22)27-25(28)33-14-19-21(24(30)31-2)20(15-8-4-3-5-9-15)16-10-6-7-11-17(16)26-19/h3-13H,14H2,1-2H3. The van der Waals surface area contributed by atoms with E-state index in [1.807, 2.05) is 66.0 Å². The number of methoxy groups -OCH3 is 1. The number of para-hydroxylation sites is 1. The second-order valence-corrected chi connectivity index (χ2v) is 9.22. The molecule has 0 spiro atoms. The minimum Gasteiger partial charge on any atom is -0.465 e. The molecule has 0 radical (unpaired) electrons. The van der Waals surface area contributed by atoms with Crippen LogP contribution in [0.4, 0.5) is 0 Å². The molecule has 0 saturated heterocycles. The molecule has 33 heavy (non-hydrogen) atoms. The van der Waals surface area contributed by atoms with Gasteiger partial charge in [0.25, 0.3) is 5.56 Å². The van der Waals surface area contributed by atoms with Crippen LogP contribution in [0.25, 0.3) is 32.2 Å². The van der Waals surface area contributed by atoms with Crippen LogP contribution in [0.3, 0.4) is 0 Å². The Morgan fingerprint density at radius 1 is 1.03 bits per heavy atom. The molecule has 0 aliphatic rings. The largest absolute Gasteiger partial charge is 0.465 e. The number of pyridine rings is 1. The van der Waals surface area contributed by atoms with Crippen molar-refractivity contribution in [3.8, 4) is 11.1 Å². The summed E-state index contributed by atoms with van der Waals surface area (Å²) in [5, 5.41) is 3.31. The van der Waals surface area contributed by atoms with Crippen molar-refractivity contribution in [3.05, 3.63) is 87.7 Å². The highest BCUT2D eigenvalue weighted by atomic mass is 32.2. The van der Waals surface area contributed by atoms with Crippen LogP contribution in [0.2, 0.25) is 0 Å². The van der Waals surface area contributed by atoms with E-state index in [1.165, 1.54) is 30.2 Å². The second-order valence-electron chi connectivity index (χ2n) is 7.37. The third-order valence-electron chi connectivity index (χ3n) is 5.40. The van der Waals surface area contributed by atoms with Gasteiger partial charge in [0.15, 0.2) is 5.16 Å². The number of hydrogen-bond acceptors (Lipinski definition) is 7. The van der Waals surface area contributed by atoms with Gasteiger partial charge in [0.05, 0.1) is 29.4 Å². The van der Waals surface area contributed by atoms with Gasteiger partial charge in [-0.05, 0) is 23.1 Å². The van der Waals surface area contributed by atoms with Gasteiger partial charge in [-0.1, -0.05) is 60.3 Å². The fourth-order valence-electron chi connectivity index (χ4n) is 3.82. The molecule has 0 unspecified atom stereocenters. The van der Waals surface area contributed by atoms with Gasteiger partial charge in [-0.2, -0.15) is 0 Å². The molecule has 0 aliphatic carbocycles. The maximum absolute atomic E-state index is 13.0. The van der Waals surface area contributed by atoms with Crippen LogP contribution in [-0.4, -0.2) is 27.6 Å². The molecule has 3 aromatic heterocycles. The minimum absolute atomic E-state index is 0.0814. The lowest BCUT2D eigenvalue weighted by molar-refractivity contribution is 0.0600. The summed E-state index contributed by atoms with van der Waals surface area (Å²) in [6.07, 6.45) is 0. The number of nitrogens with zero attached hydrogens (tertiary/aromatic N) is 3. The van der Waals surface area contributed by atoms with Crippen molar-refractivity contribution in [2.75, 3.05) is 7.11 Å². The predicted molar refractivity (Wildman–Crippen MR) is 133 cm³/mol. The number of benzene rings is 2. The molecule has 0 N–H and O–H groups in total. The SMILES string of the molecule is COC(=O)c1c(CSc2nc3ccsc3c(=O)n2C)nc2ccccc2c1-c1ccccc1. The smallest absolute Gasteiger partial charge is 0.340 e. The van der Waals surface area contributed by atoms with E-state index in [0.717, 1.165) is 22.0 Å². The van der Waals surface area contributed by atoms with E-state index < -0.39 is 5.97 Å². The summed E-state index contributed by atoms with van der Waals surface area (Å²) in [4.78, 5) is 35.1. The molecule has 2 aromatic carbocycles. The van der Waals surface area contributed by atoms with Crippen molar-refractivity contribution in [2.24, 2.45) is 7.05 Å². The summed E-state index contributed by atoms with van der Waals surface area (Å²) in [5.41, 5.74) is 4.10. The van der Waals surface area contributed by atoms with Crippen LogP contribution < -0.4 is 5.56 Å². The summed E-state index contributed by atoms with van der Waals surface area (Å²) in [6, 6.07) is 19.4. The summed E-state index contributed by atoms with van der Waals surface area (Å²) in [7, 11) is 3.08. The Labute approximate surface area is 197 Å². The van der Waals surface area contributed by atoms with Crippen molar-refractivity contribution in [1.29, 1.82) is 0 Å². The fraction of sp³-hybridized carbons (Fsp3) is 0.120. The second kappa shape index (κ2) is 8.80. The maximum Gasteiger partial charge on any atom is 0.340 e. The van der Waals surface area contributed by atoms with Crippen LogP contribution in [0, 0.1) is 0 Å². The van der Waals surface area contributed by atoms with Gasteiger partial charge in [-0.15, -0.1) is 11.3 Å². The van der Waals surface area contributed by atoms with E-state index in [4.69, 9.17) is 9.72 Å². The zero-order valence-corrected chi connectivity index (χ0v) is 19.6. The Bertz CT molecular complexity index is 1560. The number of carbonyl (C=O) groups excluding carboxylic acids is 1. The molecule has 0 fully saturated rings. The van der Waals surface area contributed by atoms with E-state index in [9.17, 15) is 9.59 Å². The lowest BCUT2D eigenvalue weighted by Gasteiger charge is -2.16. The fourth-order valence-corrected chi connectivity index (χ4v) is 5.54. The minimum atomic E-state index is -0.446. The Hall–Kier alpha value is -3.49. The van der Waals surface area contributed by atoms with Gasteiger partial charge < -0.3 is 4.74 Å². The molecule has 3 heterocycles. The third-order valence-corrected chi connectivity index (χ3v) is 7.34. The summed E-state index contributed by atoms with van der Waals surface area (Å²) >= 11 is 2.76. The quantitative estimate of drug-likeness (QED) is 0.196. The number of esters is 1. The molecular formula is C25H19N3O3S2. The van der Waals surface area contributed by atoms with Crippen LogP contribution in [0.15, 0.2) is 76.0 Å². The lowest BCUT2D eigenvalue weighted by Crippen LogP contribution is -2.19. The lowest BCUT2D eigenvalue weighted by atomic mass is 9.94. The topological polar surface area (TPSA) is 74.1 Å². The van der Waals surface area contributed by atoms with E-state index in [0.29, 0.717) is 32.4 Å². The number of rotatable bonds is 5. The average molecular weight is 474 g/mol. The number of ether oxygens (including phenoxy) is 1. The van der Waals surface area contributed by atoms with Crippen LogP contribution >= 0.6 is 23.1 Å². The number of hydrogen-bond donors (Lipinski definition) is 0. The van der Waals surface area contributed by atoms with Crippen molar-refractivity contribution < 1.29 is 9.53 Å². The zero-order chi connectivity index (χ0) is 22.9. The third kappa shape index (κ3) is 3.81. The Kier molecular flexibility index (Phi) is 5.70. The predicted octanol–water partition coefficient (Wildman–Crippen LogP) is 5.29. The average Bonchev–Trinajstić information content (AvgIpc) is 3.33. The number of carbonyl (C=O) groups is 1. The van der Waals surface area contributed by atoms with Crippen LogP contribution in [0.1, 0.15) is 16.1 Å². The van der Waals surface area contributed by atoms with Gasteiger partial charge in [0, 0.05) is 23.8 Å². The number of thiophene rings is 1. The van der Waals surface area contributed by atoms with Crippen LogP contribution in [0.5, 0.6) is 0 Å². The van der Waals surface area contributed by atoms with E-state index >= 15 is 0 Å². The highest BCUT2D eigenvalue weighted by Gasteiger charge is 2.23. The highest BCUT2D eigenvalue weighted by Crippen LogP contribution is 2.35. The Morgan fingerprint density at radius 3 is 2.58 bits per heavy atom. The van der Waals surface area contributed by atoms with Gasteiger partial charge in [0.1, 0.15) is 4.70 Å². The number of fused-ring (bicyclic) bond motifs is 2. The van der Waals surface area contributed by atoms with E-state index in [2.05, 4.69) is 4.98 Å². The number of aromatic nitrogens is 3. The molecule has 5 aromatic rings. The van der Waals surface area contributed by atoms with Crippen molar-refractivity contribution in [1.82, 2.24) is 14.5 Å². The molecule has 0 saturated carbocycles. The summed E-state index contributed by atoms with van der Waals surface area (Å²) in [6.45, 7) is 0. The van der Waals surface area contributed by atoms with Crippen molar-refractivity contribution in [2.45, 2.75) is 10.9 Å². The summed E-state index contributed by atoms with van der Waals surface area (Å²) < 4.78 is 7.35. The summed E-state index contributed by atoms with van der Waals surface area (Å²) in [5.74, 6) is -0.0942. The monoisotopic (exact) mass is 473 g/mol. The first-order chi connectivity index (χ1) is 16.1. The Balaban J connectivity index is 1.68.